The number of carbonyl (C=O) groups is 7. The fourth-order valence-electron chi connectivity index (χ4n) is 10.0. The summed E-state index contributed by atoms with van der Waals surface area (Å²) in [6.45, 7) is 6.40. The number of carboxylic acid groups (broad SMARTS) is 1. The van der Waals surface area contributed by atoms with Crippen molar-refractivity contribution in [3.05, 3.63) is 69.4 Å². The molecule has 3 aliphatic heterocycles. The van der Waals surface area contributed by atoms with Crippen LogP contribution in [0.4, 0.5) is 4.39 Å². The second-order valence-corrected chi connectivity index (χ2v) is 22.5. The average Bonchev–Trinajstić information content (AvgIpc) is 3.89. The monoisotopic (exact) mass is 1310 g/mol. The Morgan fingerprint density at radius 3 is 2.19 bits per heavy atom. The number of pyridine rings is 1. The van der Waals surface area contributed by atoms with Gasteiger partial charge in [-0.2, -0.15) is 20.6 Å². The number of hydrogen-bond donors (Lipinski definition) is 6. The minimum Gasteiger partial charge on any atom is -0.494 e. The molecule has 0 aliphatic carbocycles. The van der Waals surface area contributed by atoms with E-state index in [1.165, 1.54) is 13.1 Å². The molecular weight excluding hydrogens is 1230 g/mol. The molecule has 29 heteroatoms. The van der Waals surface area contributed by atoms with Crippen LogP contribution in [0.15, 0.2) is 70.0 Å². The van der Waals surface area contributed by atoms with Crippen LogP contribution in [0.25, 0.3) is 10.9 Å². The van der Waals surface area contributed by atoms with Gasteiger partial charge in [0.1, 0.15) is 37.6 Å². The molecule has 3 saturated heterocycles. The second-order valence-electron chi connectivity index (χ2n) is 21.2. The summed E-state index contributed by atoms with van der Waals surface area (Å²) in [5.41, 5.74) is 8.82. The number of carboxylic acids is 1. The normalized spacial score (nSPS) is 19.3. The number of nitrogens with one attached hydrogen (secondary N) is 5. The molecule has 4 amide bonds. The zero-order valence-corrected chi connectivity index (χ0v) is 50.6. The van der Waals surface area contributed by atoms with Gasteiger partial charge in [0.15, 0.2) is 0 Å². The highest BCUT2D eigenvalue weighted by atomic mass is 127. The number of aromatic nitrogens is 1. The Bertz CT molecular complexity index is 2820. The first kappa shape index (κ1) is 67.5. The molecule has 6 N–H and O–H groups in total. The van der Waals surface area contributed by atoms with Gasteiger partial charge in [-0.25, -0.2) is 4.39 Å². The summed E-state index contributed by atoms with van der Waals surface area (Å²) in [5, 5.41) is 38.1. The Morgan fingerprint density at radius 1 is 0.860 bits per heavy atom. The van der Waals surface area contributed by atoms with Crippen molar-refractivity contribution in [3.63, 3.8) is 0 Å². The smallest absolute Gasteiger partial charge is 0.317 e. The maximum Gasteiger partial charge on any atom is 0.317 e. The lowest BCUT2D eigenvalue weighted by Crippen LogP contribution is -2.50. The van der Waals surface area contributed by atoms with Crippen molar-refractivity contribution in [3.8, 4) is 11.8 Å². The molecule has 0 radical (unpaired) electrons. The standard InChI is InChI=1S/C57H78FIN16O11/c1-57(58)30-47(31-60)75(37-57)54(80)34-62-56(83)49-11-15-61-51-9-8-48(29-50(49)51)86-28-2-3-43-13-18-74(19-14-43)53(79)12-17-63-66-33-46(10-16-64-67-38-68-65-32-44-4-6-45(59)7-5-44)69-52(78)35-70-20-21-71(36-55(81)82)23-25-73(40-85-42-77)27-26-72(24-22-70)39-84-41-76/h4-9,11,15-16,29,32-33,41-43,46-47,63,67-68H,2-3,10,12-14,17-28,30,34-40H2,1H3,(H,62,83)(H,69,78)(H,81,82)/b64-16+,65-32+,66-33-/t46?,47-,57?/m1/s1. The number of ether oxygens (including phenoxy) is 3. The topological polar surface area (TPSA) is 321 Å². The van der Waals surface area contributed by atoms with E-state index in [0.717, 1.165) is 39.7 Å². The molecule has 0 saturated carbocycles. The highest BCUT2D eigenvalue weighted by molar-refractivity contribution is 14.1. The molecule has 3 atom stereocenters. The van der Waals surface area contributed by atoms with E-state index in [-0.39, 0.29) is 83.9 Å². The predicted octanol–water partition coefficient (Wildman–Crippen LogP) is 1.38. The summed E-state index contributed by atoms with van der Waals surface area (Å²) < 4.78 is 31.9. The van der Waals surface area contributed by atoms with E-state index < -0.39 is 35.5 Å². The summed E-state index contributed by atoms with van der Waals surface area (Å²) in [5.74, 6) is -1.43. The number of amides is 4. The van der Waals surface area contributed by atoms with E-state index in [4.69, 9.17) is 14.2 Å². The van der Waals surface area contributed by atoms with Crippen molar-refractivity contribution >= 4 is 94.7 Å². The molecule has 3 fully saturated rings. The van der Waals surface area contributed by atoms with Gasteiger partial charge in [-0.15, -0.1) is 0 Å². The van der Waals surface area contributed by atoms with Crippen LogP contribution in [0, 0.1) is 20.8 Å². The van der Waals surface area contributed by atoms with Crippen LogP contribution >= 0.6 is 22.6 Å². The van der Waals surface area contributed by atoms with Gasteiger partial charge in [0.25, 0.3) is 18.9 Å². The first-order valence-electron chi connectivity index (χ1n) is 28.6. The van der Waals surface area contributed by atoms with Crippen LogP contribution in [0.2, 0.25) is 0 Å². The number of alkyl halides is 1. The number of piperidine rings is 1. The fraction of sp³-hybridized carbons (Fsp3) is 0.544. The van der Waals surface area contributed by atoms with Gasteiger partial charge in [-0.1, -0.05) is 12.1 Å². The molecule has 86 heavy (non-hydrogen) atoms. The Balaban J connectivity index is 0.952. The molecule has 6 rings (SSSR count). The van der Waals surface area contributed by atoms with Crippen LogP contribution in [0.1, 0.15) is 67.8 Å². The number of carbonyl (C=O) groups excluding carboxylic acids is 6. The van der Waals surface area contributed by atoms with E-state index in [1.807, 2.05) is 49.9 Å². The minimum atomic E-state index is -1.67. The second kappa shape index (κ2) is 36.4. The largest absolute Gasteiger partial charge is 0.494 e. The summed E-state index contributed by atoms with van der Waals surface area (Å²) in [7, 11) is 0. The van der Waals surface area contributed by atoms with Crippen molar-refractivity contribution in [2.75, 3.05) is 125 Å². The van der Waals surface area contributed by atoms with Gasteiger partial charge >= 0.3 is 5.97 Å². The molecule has 3 aliphatic rings. The van der Waals surface area contributed by atoms with Gasteiger partial charge in [-0.05, 0) is 103 Å². The Hall–Kier alpha value is -7.66. The van der Waals surface area contributed by atoms with Crippen LogP contribution < -0.4 is 31.6 Å². The van der Waals surface area contributed by atoms with Crippen LogP contribution in [-0.4, -0.2) is 243 Å². The zero-order valence-electron chi connectivity index (χ0n) is 48.4. The lowest BCUT2D eigenvalue weighted by Gasteiger charge is -2.33. The summed E-state index contributed by atoms with van der Waals surface area (Å²) >= 11 is 2.23. The number of fused-ring (bicyclic) bond motifs is 1. The SMILES string of the molecule is CC1(F)C[C@H](C#N)N(C(=O)CNC(=O)c2ccnc3ccc(OCCCC4CCN(C(=O)CCN/N=C\C(C/C=N/NCN/N=C/c5ccc(I)cc5)NC(=O)CN5CCN(COC=O)CCN(COC=O)CCN(CC(=O)O)CC5)CC4)cc23)C1. The molecule has 466 valence electrons. The molecule has 2 aromatic carbocycles. The Morgan fingerprint density at radius 2 is 1.52 bits per heavy atom. The third kappa shape index (κ3) is 24.0. The maximum atomic E-state index is 14.6. The molecule has 3 aromatic rings. The first-order valence-corrected chi connectivity index (χ1v) is 29.7. The number of halogens is 2. The number of rotatable bonds is 31. The van der Waals surface area contributed by atoms with E-state index in [1.54, 1.807) is 47.8 Å². The van der Waals surface area contributed by atoms with E-state index in [0.29, 0.717) is 113 Å². The highest BCUT2D eigenvalue weighted by Crippen LogP contribution is 2.30. The number of aliphatic carboxylic acids is 1. The summed E-state index contributed by atoms with van der Waals surface area (Å²) in [6.07, 6.45) is 10.1. The Labute approximate surface area is 513 Å². The molecular formula is C57H78FIN16O11. The van der Waals surface area contributed by atoms with Gasteiger partial charge in [0, 0.05) is 119 Å². The van der Waals surface area contributed by atoms with Crippen LogP contribution in [0.3, 0.4) is 0 Å². The minimum absolute atomic E-state index is 0.00202. The average molecular weight is 1310 g/mol. The lowest BCUT2D eigenvalue weighted by molar-refractivity contribution is -0.139. The third-order valence-electron chi connectivity index (χ3n) is 14.6. The lowest BCUT2D eigenvalue weighted by atomic mass is 9.92. The maximum absolute atomic E-state index is 14.6. The molecule has 4 heterocycles. The third-order valence-corrected chi connectivity index (χ3v) is 15.4. The van der Waals surface area contributed by atoms with Gasteiger partial charge in [0.05, 0.1) is 62.2 Å². The van der Waals surface area contributed by atoms with E-state index >= 15 is 0 Å². The molecule has 0 spiro atoms. The number of hydrogen-bond acceptors (Lipinski definition) is 22. The van der Waals surface area contributed by atoms with Crippen molar-refractivity contribution < 1.29 is 57.3 Å². The van der Waals surface area contributed by atoms with Gasteiger partial charge in [0.2, 0.25) is 17.7 Å². The number of hydrazone groups is 3. The van der Waals surface area contributed by atoms with E-state index in [9.17, 15) is 48.3 Å². The summed E-state index contributed by atoms with van der Waals surface area (Å²) in [6, 6.07) is 15.1. The van der Waals surface area contributed by atoms with Crippen LogP contribution in [-0.2, 0) is 38.2 Å². The highest BCUT2D eigenvalue weighted by Gasteiger charge is 2.43. The number of nitrogens with zero attached hydrogens (tertiary/aromatic N) is 11. The molecule has 1 aromatic heterocycles. The molecule has 2 unspecified atom stereocenters. The quantitative estimate of drug-likeness (QED) is 0.0132. The van der Waals surface area contributed by atoms with Crippen molar-refractivity contribution in [1.29, 1.82) is 5.26 Å². The fourth-order valence-corrected chi connectivity index (χ4v) is 10.4. The van der Waals surface area contributed by atoms with Crippen molar-refractivity contribution in [1.82, 2.24) is 61.3 Å². The van der Waals surface area contributed by atoms with Crippen molar-refractivity contribution in [2.24, 2.45) is 21.2 Å². The Kier molecular flexibility index (Phi) is 28.5. The number of benzene rings is 2. The van der Waals surface area contributed by atoms with E-state index in [2.05, 4.69) is 69.8 Å². The van der Waals surface area contributed by atoms with Crippen molar-refractivity contribution in [2.45, 2.75) is 69.6 Å². The first-order chi connectivity index (χ1) is 41.6. The number of likely N-dealkylation sites (tertiary alicyclic amines) is 2. The zero-order chi connectivity index (χ0) is 61.5. The van der Waals surface area contributed by atoms with Gasteiger partial charge < -0.3 is 45.2 Å². The molecule has 0 bridgehead atoms. The van der Waals surface area contributed by atoms with Gasteiger partial charge in [-0.3, -0.25) is 69.0 Å². The molecule has 27 nitrogen and oxygen atoms in total. The number of nitriles is 1. The van der Waals surface area contributed by atoms with Crippen LogP contribution in [0.5, 0.6) is 5.75 Å². The predicted molar refractivity (Wildman–Crippen MR) is 325 cm³/mol. The summed E-state index contributed by atoms with van der Waals surface area (Å²) in [4.78, 5) is 102.